The summed E-state index contributed by atoms with van der Waals surface area (Å²) in [5.41, 5.74) is 4.23. The highest BCUT2D eigenvalue weighted by Crippen LogP contribution is 2.27. The van der Waals surface area contributed by atoms with E-state index in [0.717, 1.165) is 23.6 Å². The van der Waals surface area contributed by atoms with Gasteiger partial charge < -0.3 is 15.3 Å². The highest BCUT2D eigenvalue weighted by atomic mass is 19.1. The van der Waals surface area contributed by atoms with E-state index < -0.39 is 23.8 Å². The topological polar surface area (TPSA) is 52.6 Å². The summed E-state index contributed by atoms with van der Waals surface area (Å²) in [5.74, 6) is -1.53. The van der Waals surface area contributed by atoms with Crippen molar-refractivity contribution in [1.29, 1.82) is 0 Å². The lowest BCUT2D eigenvalue weighted by Crippen LogP contribution is -2.49. The molecule has 3 aromatic carbocycles. The van der Waals surface area contributed by atoms with Crippen molar-refractivity contribution in [3.8, 4) is 0 Å². The van der Waals surface area contributed by atoms with Gasteiger partial charge in [0.25, 0.3) is 5.91 Å². The predicted octanol–water partition coefficient (Wildman–Crippen LogP) is 4.25. The lowest BCUT2D eigenvalue weighted by molar-refractivity contribution is 0.0372. The fourth-order valence-electron chi connectivity index (χ4n) is 4.43. The van der Waals surface area contributed by atoms with Crippen LogP contribution in [0.2, 0.25) is 0 Å². The molecule has 4 nitrogen and oxygen atoms in total. The summed E-state index contributed by atoms with van der Waals surface area (Å²) in [5, 5.41) is 14.4. The first kappa shape index (κ1) is 23.1. The van der Waals surface area contributed by atoms with Crippen molar-refractivity contribution in [2.24, 2.45) is 0 Å². The molecule has 0 fully saturated rings. The fraction of sp³-hybridized carbons (Fsp3) is 0.296. The van der Waals surface area contributed by atoms with Crippen LogP contribution in [-0.2, 0) is 25.9 Å². The summed E-state index contributed by atoms with van der Waals surface area (Å²) < 4.78 is 27.6. The van der Waals surface area contributed by atoms with Gasteiger partial charge >= 0.3 is 0 Å². The van der Waals surface area contributed by atoms with E-state index in [4.69, 9.17) is 0 Å². The Morgan fingerprint density at radius 3 is 2.42 bits per heavy atom. The van der Waals surface area contributed by atoms with Crippen molar-refractivity contribution in [1.82, 2.24) is 10.2 Å². The highest BCUT2D eigenvalue weighted by Gasteiger charge is 2.36. The van der Waals surface area contributed by atoms with Gasteiger partial charge in [-0.3, -0.25) is 4.79 Å². The summed E-state index contributed by atoms with van der Waals surface area (Å²) in [4.78, 5) is 14.7. The van der Waals surface area contributed by atoms with Crippen molar-refractivity contribution < 1.29 is 18.7 Å². The Bertz CT molecular complexity index is 1110. The summed E-state index contributed by atoms with van der Waals surface area (Å²) >= 11 is 0. The second-order valence-electron chi connectivity index (χ2n) is 8.51. The molecule has 0 spiro atoms. The van der Waals surface area contributed by atoms with Crippen LogP contribution in [0.1, 0.15) is 39.5 Å². The van der Waals surface area contributed by atoms with Gasteiger partial charge in [-0.1, -0.05) is 49.4 Å². The minimum Gasteiger partial charge on any atom is -0.390 e. The van der Waals surface area contributed by atoms with Crippen LogP contribution in [0.5, 0.6) is 0 Å². The number of rotatable bonds is 9. The number of hydrogen-bond donors (Lipinski definition) is 2. The molecular weight excluding hydrogens is 422 g/mol. The maximum absolute atomic E-state index is 13.8. The molecule has 4 rings (SSSR count). The smallest absolute Gasteiger partial charge is 0.254 e. The van der Waals surface area contributed by atoms with E-state index in [1.165, 1.54) is 17.7 Å². The van der Waals surface area contributed by atoms with Crippen LogP contribution in [0.25, 0.3) is 0 Å². The zero-order valence-electron chi connectivity index (χ0n) is 18.6. The third kappa shape index (κ3) is 5.46. The number of hydrogen-bond acceptors (Lipinski definition) is 3. The summed E-state index contributed by atoms with van der Waals surface area (Å²) in [6, 6.07) is 18.2. The molecule has 33 heavy (non-hydrogen) atoms. The summed E-state index contributed by atoms with van der Waals surface area (Å²) in [6.45, 7) is 3.26. The first-order valence-corrected chi connectivity index (χ1v) is 11.2. The van der Waals surface area contributed by atoms with Gasteiger partial charge in [0, 0.05) is 31.3 Å². The highest BCUT2D eigenvalue weighted by molar-refractivity contribution is 5.98. The molecule has 0 saturated heterocycles. The molecular formula is C27H28F2N2O2. The predicted molar refractivity (Wildman–Crippen MR) is 124 cm³/mol. The van der Waals surface area contributed by atoms with Crippen molar-refractivity contribution >= 4 is 5.91 Å². The molecule has 1 aliphatic heterocycles. The van der Waals surface area contributed by atoms with E-state index in [2.05, 4.69) is 24.4 Å². The van der Waals surface area contributed by atoms with Gasteiger partial charge in [0.15, 0.2) is 0 Å². The maximum Gasteiger partial charge on any atom is 0.254 e. The van der Waals surface area contributed by atoms with Crippen molar-refractivity contribution in [2.45, 2.75) is 45.0 Å². The van der Waals surface area contributed by atoms with Crippen LogP contribution in [0.4, 0.5) is 8.78 Å². The van der Waals surface area contributed by atoms with Gasteiger partial charge in [0.2, 0.25) is 0 Å². The molecule has 3 aromatic rings. The molecule has 0 unspecified atom stereocenters. The molecule has 0 aromatic heterocycles. The normalized spacial score (nSPS) is 14.9. The Hall–Kier alpha value is -3.09. The average molecular weight is 451 g/mol. The molecule has 172 valence electrons. The molecule has 0 aliphatic carbocycles. The lowest BCUT2D eigenvalue weighted by atomic mass is 9.99. The monoisotopic (exact) mass is 450 g/mol. The number of aryl methyl sites for hydroxylation is 1. The quantitative estimate of drug-likeness (QED) is 0.513. The van der Waals surface area contributed by atoms with E-state index in [-0.39, 0.29) is 18.9 Å². The van der Waals surface area contributed by atoms with Crippen LogP contribution < -0.4 is 5.32 Å². The Morgan fingerprint density at radius 2 is 1.70 bits per heavy atom. The van der Waals surface area contributed by atoms with Gasteiger partial charge in [0.1, 0.15) is 11.6 Å². The molecule has 0 bridgehead atoms. The summed E-state index contributed by atoms with van der Waals surface area (Å²) in [6.07, 6.45) is 0.159. The lowest BCUT2D eigenvalue weighted by Gasteiger charge is -2.32. The van der Waals surface area contributed by atoms with Crippen LogP contribution >= 0.6 is 0 Å². The molecule has 6 heteroatoms. The molecule has 1 aliphatic rings. The van der Waals surface area contributed by atoms with Crippen molar-refractivity contribution in [2.75, 3.05) is 6.54 Å². The molecule has 2 atom stereocenters. The SMILES string of the molecule is CCc1cccc(CNC[C@@H](O)[C@H](Cc2cc(F)cc(F)c2)N2Cc3ccccc3C2=O)c1. The zero-order chi connectivity index (χ0) is 23.4. The van der Waals surface area contributed by atoms with E-state index in [1.54, 1.807) is 17.0 Å². The van der Waals surface area contributed by atoms with Gasteiger partial charge in [0.05, 0.1) is 12.1 Å². The second-order valence-corrected chi connectivity index (χ2v) is 8.51. The van der Waals surface area contributed by atoms with Gasteiger partial charge in [-0.2, -0.15) is 0 Å². The van der Waals surface area contributed by atoms with Crippen LogP contribution in [0.3, 0.4) is 0 Å². The Kier molecular flexibility index (Phi) is 7.16. The first-order chi connectivity index (χ1) is 15.9. The maximum atomic E-state index is 13.8. The number of carbonyl (C=O) groups is 1. The number of benzene rings is 3. The van der Waals surface area contributed by atoms with Gasteiger partial charge in [-0.25, -0.2) is 8.78 Å². The molecule has 1 amide bonds. The van der Waals surface area contributed by atoms with Crippen LogP contribution in [0.15, 0.2) is 66.7 Å². The Balaban J connectivity index is 1.51. The van der Waals surface area contributed by atoms with E-state index in [0.29, 0.717) is 24.2 Å². The molecule has 2 N–H and O–H groups in total. The standard InChI is InChI=1S/C27H28F2N2O2/c1-2-18-6-5-7-19(10-18)15-30-16-26(32)25(13-20-11-22(28)14-23(29)12-20)31-17-21-8-3-4-9-24(21)27(31)33/h3-12,14,25-26,30,32H,2,13,15-17H2,1H3/t25-,26+/m0/s1. The number of nitrogens with zero attached hydrogens (tertiary/aromatic N) is 1. The minimum atomic E-state index is -0.927. The summed E-state index contributed by atoms with van der Waals surface area (Å²) in [7, 11) is 0. The third-order valence-corrected chi connectivity index (χ3v) is 6.14. The number of halogens is 2. The minimum absolute atomic E-state index is 0.141. The zero-order valence-corrected chi connectivity index (χ0v) is 18.6. The average Bonchev–Trinajstić information content (AvgIpc) is 3.13. The van der Waals surface area contributed by atoms with Gasteiger partial charge in [-0.15, -0.1) is 0 Å². The van der Waals surface area contributed by atoms with Crippen molar-refractivity contribution in [3.05, 3.63) is 106 Å². The van der Waals surface area contributed by atoms with Crippen LogP contribution in [-0.4, -0.2) is 34.6 Å². The van der Waals surface area contributed by atoms with Crippen LogP contribution in [0, 0.1) is 11.6 Å². The Labute approximate surface area is 192 Å². The Morgan fingerprint density at radius 1 is 0.970 bits per heavy atom. The number of amides is 1. The second kappa shape index (κ2) is 10.2. The third-order valence-electron chi connectivity index (χ3n) is 6.14. The van der Waals surface area contributed by atoms with Gasteiger partial charge in [-0.05, 0) is 53.3 Å². The van der Waals surface area contributed by atoms with E-state index >= 15 is 0 Å². The molecule has 1 heterocycles. The molecule has 0 radical (unpaired) electrons. The number of fused-ring (bicyclic) bond motifs is 1. The number of aliphatic hydroxyl groups excluding tert-OH is 1. The number of carbonyl (C=O) groups excluding carboxylic acids is 1. The van der Waals surface area contributed by atoms with E-state index in [1.807, 2.05) is 24.3 Å². The first-order valence-electron chi connectivity index (χ1n) is 11.2. The van der Waals surface area contributed by atoms with E-state index in [9.17, 15) is 18.7 Å². The largest absolute Gasteiger partial charge is 0.390 e. The van der Waals surface area contributed by atoms with Crippen molar-refractivity contribution in [3.63, 3.8) is 0 Å². The number of nitrogens with one attached hydrogen (secondary N) is 1. The fourth-order valence-corrected chi connectivity index (χ4v) is 4.43. The number of aliphatic hydroxyl groups is 1. The molecule has 0 saturated carbocycles.